The number of carbonyl (C=O) groups excluding carboxylic acids is 3. The zero-order chi connectivity index (χ0) is 28.2. The summed E-state index contributed by atoms with van der Waals surface area (Å²) in [7, 11) is 1.52. The standard InChI is InChI=1S/C28H29ClN4O6/c1-4-18-6-8-20(9-7-18)31-25(34)17-39-26-23(29)14-19(15-24(26)38-5-2)16-30-33-28(36)27(35)32-21-10-12-22(37-3)13-11-21/h6-16H,4-5,17H2,1-3H3,(H,31,34)(H,32,35)(H,33,36)/b30-16-. The van der Waals surface area contributed by atoms with Crippen molar-refractivity contribution in [2.24, 2.45) is 5.10 Å². The first-order valence-electron chi connectivity index (χ1n) is 12.1. The molecule has 0 fully saturated rings. The van der Waals surface area contributed by atoms with Gasteiger partial charge < -0.3 is 24.8 Å². The van der Waals surface area contributed by atoms with E-state index in [0.717, 1.165) is 12.0 Å². The molecule has 11 heteroatoms. The van der Waals surface area contributed by atoms with Gasteiger partial charge in [0.15, 0.2) is 18.1 Å². The van der Waals surface area contributed by atoms with Crippen LogP contribution in [0.1, 0.15) is 25.0 Å². The first-order valence-corrected chi connectivity index (χ1v) is 12.5. The lowest BCUT2D eigenvalue weighted by molar-refractivity contribution is -0.136. The summed E-state index contributed by atoms with van der Waals surface area (Å²) in [6.45, 7) is 3.86. The van der Waals surface area contributed by atoms with Gasteiger partial charge in [-0.15, -0.1) is 0 Å². The molecule has 3 rings (SSSR count). The molecular formula is C28H29ClN4O6. The van der Waals surface area contributed by atoms with Crippen molar-refractivity contribution in [3.8, 4) is 17.2 Å². The summed E-state index contributed by atoms with van der Waals surface area (Å²) in [6.07, 6.45) is 2.20. The molecule has 0 atom stereocenters. The van der Waals surface area contributed by atoms with E-state index in [0.29, 0.717) is 29.3 Å². The van der Waals surface area contributed by atoms with Crippen LogP contribution in [0.5, 0.6) is 17.2 Å². The average molecular weight is 553 g/mol. The molecule has 0 saturated heterocycles. The van der Waals surface area contributed by atoms with E-state index in [2.05, 4.69) is 28.1 Å². The van der Waals surface area contributed by atoms with E-state index < -0.39 is 11.8 Å². The summed E-state index contributed by atoms with van der Waals surface area (Å²) in [5.74, 6) is -1.13. The maximum atomic E-state index is 12.4. The van der Waals surface area contributed by atoms with Crippen LogP contribution < -0.4 is 30.3 Å². The lowest BCUT2D eigenvalue weighted by Crippen LogP contribution is -2.32. The number of amides is 3. The van der Waals surface area contributed by atoms with Crippen molar-refractivity contribution in [2.45, 2.75) is 20.3 Å². The van der Waals surface area contributed by atoms with E-state index in [-0.39, 0.29) is 29.0 Å². The van der Waals surface area contributed by atoms with Crippen LogP contribution in [-0.2, 0) is 20.8 Å². The third-order valence-corrected chi connectivity index (χ3v) is 5.54. The topological polar surface area (TPSA) is 127 Å². The monoisotopic (exact) mass is 552 g/mol. The Kier molecular flexibility index (Phi) is 10.7. The van der Waals surface area contributed by atoms with Gasteiger partial charge in [-0.25, -0.2) is 5.43 Å². The van der Waals surface area contributed by atoms with Crippen LogP contribution in [0.4, 0.5) is 11.4 Å². The highest BCUT2D eigenvalue weighted by Gasteiger charge is 2.15. The fourth-order valence-corrected chi connectivity index (χ4v) is 3.58. The molecule has 0 unspecified atom stereocenters. The molecule has 0 heterocycles. The Morgan fingerprint density at radius 1 is 0.897 bits per heavy atom. The summed E-state index contributed by atoms with van der Waals surface area (Å²) >= 11 is 6.39. The van der Waals surface area contributed by atoms with E-state index in [1.54, 1.807) is 37.3 Å². The molecule has 0 aromatic heterocycles. The Balaban J connectivity index is 1.59. The van der Waals surface area contributed by atoms with E-state index in [4.69, 9.17) is 25.8 Å². The van der Waals surface area contributed by atoms with Crippen LogP contribution in [0, 0.1) is 0 Å². The number of benzene rings is 3. The zero-order valence-electron chi connectivity index (χ0n) is 21.7. The molecule has 10 nitrogen and oxygen atoms in total. The molecule has 0 bridgehead atoms. The minimum atomic E-state index is -0.964. The van der Waals surface area contributed by atoms with Crippen LogP contribution >= 0.6 is 11.6 Å². The second-order valence-corrected chi connectivity index (χ2v) is 8.44. The summed E-state index contributed by atoms with van der Waals surface area (Å²) in [6, 6.07) is 17.1. The maximum Gasteiger partial charge on any atom is 0.329 e. The lowest BCUT2D eigenvalue weighted by atomic mass is 10.1. The number of methoxy groups -OCH3 is 1. The molecule has 0 saturated carbocycles. The number of aryl methyl sites for hydroxylation is 1. The van der Waals surface area contributed by atoms with Crippen molar-refractivity contribution >= 4 is 46.9 Å². The van der Waals surface area contributed by atoms with Crippen LogP contribution in [0.3, 0.4) is 0 Å². The smallest absolute Gasteiger partial charge is 0.329 e. The van der Waals surface area contributed by atoms with Gasteiger partial charge >= 0.3 is 11.8 Å². The summed E-state index contributed by atoms with van der Waals surface area (Å²) < 4.78 is 16.3. The second-order valence-electron chi connectivity index (χ2n) is 8.03. The summed E-state index contributed by atoms with van der Waals surface area (Å²) in [5, 5.41) is 9.21. The third-order valence-electron chi connectivity index (χ3n) is 5.26. The average Bonchev–Trinajstić information content (AvgIpc) is 2.93. The molecule has 0 aliphatic carbocycles. The van der Waals surface area contributed by atoms with Crippen molar-refractivity contribution in [3.05, 3.63) is 76.8 Å². The molecule has 0 spiro atoms. The molecule has 3 amide bonds. The molecule has 39 heavy (non-hydrogen) atoms. The number of hydrazone groups is 1. The minimum absolute atomic E-state index is 0.172. The van der Waals surface area contributed by atoms with Gasteiger partial charge in [0.1, 0.15) is 5.75 Å². The van der Waals surface area contributed by atoms with E-state index >= 15 is 0 Å². The Morgan fingerprint density at radius 3 is 2.21 bits per heavy atom. The SMILES string of the molecule is CCOc1cc(/C=N\NC(=O)C(=O)Nc2ccc(OC)cc2)cc(Cl)c1OCC(=O)Nc1ccc(CC)cc1. The molecule has 0 aliphatic heterocycles. The molecule has 204 valence electrons. The largest absolute Gasteiger partial charge is 0.497 e. The summed E-state index contributed by atoms with van der Waals surface area (Å²) in [5.41, 5.74) is 4.86. The van der Waals surface area contributed by atoms with Gasteiger partial charge in [-0.2, -0.15) is 5.10 Å². The molecule has 0 radical (unpaired) electrons. The van der Waals surface area contributed by atoms with Gasteiger partial charge in [-0.1, -0.05) is 30.7 Å². The van der Waals surface area contributed by atoms with Crippen LogP contribution in [-0.4, -0.2) is 44.3 Å². The number of nitrogens with zero attached hydrogens (tertiary/aromatic N) is 1. The normalized spacial score (nSPS) is 10.6. The first-order chi connectivity index (χ1) is 18.8. The Bertz CT molecular complexity index is 1330. The fraction of sp³-hybridized carbons (Fsp3) is 0.214. The molecule has 3 aromatic rings. The van der Waals surface area contributed by atoms with Gasteiger partial charge in [-0.3, -0.25) is 14.4 Å². The van der Waals surface area contributed by atoms with Crippen LogP contribution in [0.2, 0.25) is 5.02 Å². The van der Waals surface area contributed by atoms with Gasteiger partial charge in [0.05, 0.1) is 25.0 Å². The zero-order valence-corrected chi connectivity index (χ0v) is 22.5. The second kappa shape index (κ2) is 14.4. The van der Waals surface area contributed by atoms with Crippen molar-refractivity contribution in [3.63, 3.8) is 0 Å². The van der Waals surface area contributed by atoms with Gasteiger partial charge in [-0.05, 0) is 73.0 Å². The van der Waals surface area contributed by atoms with Gasteiger partial charge in [0.25, 0.3) is 5.91 Å². The number of ether oxygens (including phenoxy) is 3. The predicted molar refractivity (Wildman–Crippen MR) is 150 cm³/mol. The fourth-order valence-electron chi connectivity index (χ4n) is 3.30. The molecule has 3 aromatic carbocycles. The molecule has 0 aliphatic rings. The highest BCUT2D eigenvalue weighted by atomic mass is 35.5. The van der Waals surface area contributed by atoms with Crippen molar-refractivity contribution in [1.82, 2.24) is 5.43 Å². The van der Waals surface area contributed by atoms with Crippen LogP contribution in [0.25, 0.3) is 0 Å². The predicted octanol–water partition coefficient (Wildman–Crippen LogP) is 4.42. The highest BCUT2D eigenvalue weighted by molar-refractivity contribution is 6.39. The van der Waals surface area contributed by atoms with Crippen molar-refractivity contribution in [1.29, 1.82) is 0 Å². The Hall–Kier alpha value is -4.57. The number of anilines is 2. The highest BCUT2D eigenvalue weighted by Crippen LogP contribution is 2.36. The number of hydrogen-bond donors (Lipinski definition) is 3. The first kappa shape index (κ1) is 29.0. The Morgan fingerprint density at radius 2 is 1.56 bits per heavy atom. The third kappa shape index (κ3) is 8.75. The number of rotatable bonds is 11. The number of halogens is 1. The maximum absolute atomic E-state index is 12.4. The van der Waals surface area contributed by atoms with E-state index in [9.17, 15) is 14.4 Å². The molecular weight excluding hydrogens is 524 g/mol. The summed E-state index contributed by atoms with van der Waals surface area (Å²) in [4.78, 5) is 36.6. The lowest BCUT2D eigenvalue weighted by Gasteiger charge is -2.14. The number of nitrogens with one attached hydrogen (secondary N) is 3. The van der Waals surface area contributed by atoms with Crippen molar-refractivity contribution in [2.75, 3.05) is 31.0 Å². The Labute approximate surface area is 231 Å². The number of carbonyl (C=O) groups is 3. The quantitative estimate of drug-likeness (QED) is 0.184. The van der Waals surface area contributed by atoms with Crippen LogP contribution in [0.15, 0.2) is 65.8 Å². The minimum Gasteiger partial charge on any atom is -0.497 e. The van der Waals surface area contributed by atoms with Gasteiger partial charge in [0.2, 0.25) is 0 Å². The van der Waals surface area contributed by atoms with E-state index in [1.807, 2.05) is 24.3 Å². The number of hydrogen-bond acceptors (Lipinski definition) is 7. The van der Waals surface area contributed by atoms with Gasteiger partial charge in [0, 0.05) is 11.4 Å². The molecule has 3 N–H and O–H groups in total. The van der Waals surface area contributed by atoms with E-state index in [1.165, 1.54) is 19.4 Å². The van der Waals surface area contributed by atoms with Crippen molar-refractivity contribution < 1.29 is 28.6 Å².